The van der Waals surface area contributed by atoms with E-state index in [4.69, 9.17) is 0 Å². The SMILES string of the molecule is Cc1ccc(-n2c(SCCn3c(C)csc3=O)nnc2-c2ccccc2F)cc1. The molecule has 2 aromatic carbocycles. The van der Waals surface area contributed by atoms with Gasteiger partial charge in [-0.2, -0.15) is 0 Å². The van der Waals surface area contributed by atoms with Gasteiger partial charge in [0.05, 0.1) is 5.56 Å². The van der Waals surface area contributed by atoms with Gasteiger partial charge < -0.3 is 4.57 Å². The van der Waals surface area contributed by atoms with Crippen molar-refractivity contribution in [3.63, 3.8) is 0 Å². The third kappa shape index (κ3) is 4.04. The lowest BCUT2D eigenvalue weighted by Gasteiger charge is -2.11. The quantitative estimate of drug-likeness (QED) is 0.419. The third-order valence-electron chi connectivity index (χ3n) is 4.56. The Morgan fingerprint density at radius 1 is 1.07 bits per heavy atom. The zero-order chi connectivity index (χ0) is 20.4. The Labute approximate surface area is 175 Å². The van der Waals surface area contributed by atoms with E-state index in [9.17, 15) is 9.18 Å². The van der Waals surface area contributed by atoms with Gasteiger partial charge in [-0.1, -0.05) is 52.9 Å². The van der Waals surface area contributed by atoms with Crippen LogP contribution in [0.5, 0.6) is 0 Å². The molecule has 4 rings (SSSR count). The molecular weight excluding hydrogens is 407 g/mol. The van der Waals surface area contributed by atoms with E-state index in [2.05, 4.69) is 10.2 Å². The van der Waals surface area contributed by atoms with E-state index < -0.39 is 0 Å². The van der Waals surface area contributed by atoms with Crippen molar-refractivity contribution in [3.8, 4) is 17.1 Å². The summed E-state index contributed by atoms with van der Waals surface area (Å²) < 4.78 is 18.1. The smallest absolute Gasteiger partial charge is 0.303 e. The molecule has 2 heterocycles. The summed E-state index contributed by atoms with van der Waals surface area (Å²) in [6, 6.07) is 14.5. The van der Waals surface area contributed by atoms with Crippen LogP contribution in [0.3, 0.4) is 0 Å². The molecular formula is C21H19FN4OS2. The number of nitrogens with zero attached hydrogens (tertiary/aromatic N) is 4. The van der Waals surface area contributed by atoms with Crippen LogP contribution in [-0.2, 0) is 6.54 Å². The Balaban J connectivity index is 1.69. The van der Waals surface area contributed by atoms with Crippen molar-refractivity contribution in [1.82, 2.24) is 19.3 Å². The topological polar surface area (TPSA) is 52.7 Å². The molecule has 29 heavy (non-hydrogen) atoms. The van der Waals surface area contributed by atoms with Gasteiger partial charge in [0.2, 0.25) is 0 Å². The first-order valence-corrected chi connectivity index (χ1v) is 11.0. The molecule has 0 atom stereocenters. The Morgan fingerprint density at radius 2 is 1.83 bits per heavy atom. The third-order valence-corrected chi connectivity index (χ3v) is 6.35. The summed E-state index contributed by atoms with van der Waals surface area (Å²) in [5.41, 5.74) is 3.35. The summed E-state index contributed by atoms with van der Waals surface area (Å²) in [7, 11) is 0. The van der Waals surface area contributed by atoms with Crippen LogP contribution in [0.2, 0.25) is 0 Å². The van der Waals surface area contributed by atoms with Gasteiger partial charge in [-0.05, 0) is 38.1 Å². The van der Waals surface area contributed by atoms with E-state index in [1.165, 1.54) is 29.2 Å². The van der Waals surface area contributed by atoms with Crippen LogP contribution in [0, 0.1) is 19.7 Å². The summed E-state index contributed by atoms with van der Waals surface area (Å²) in [6.45, 7) is 4.52. The van der Waals surface area contributed by atoms with Gasteiger partial charge in [0.15, 0.2) is 11.0 Å². The predicted molar refractivity (Wildman–Crippen MR) is 116 cm³/mol. The molecule has 8 heteroatoms. The molecule has 0 saturated carbocycles. The summed E-state index contributed by atoms with van der Waals surface area (Å²) in [5, 5.41) is 11.1. The molecule has 2 aromatic heterocycles. The van der Waals surface area contributed by atoms with Gasteiger partial charge in [-0.3, -0.25) is 9.36 Å². The monoisotopic (exact) mass is 426 g/mol. The highest BCUT2D eigenvalue weighted by Gasteiger charge is 2.18. The minimum absolute atomic E-state index is 0.0372. The maximum absolute atomic E-state index is 14.4. The standard InChI is InChI=1S/C21H19FN4OS2/c1-14-7-9-16(10-8-14)26-19(17-5-3-4-6-18(17)22)23-24-20(26)28-12-11-25-15(2)13-29-21(25)27/h3-10,13H,11-12H2,1-2H3. The number of thiazole rings is 1. The lowest BCUT2D eigenvalue weighted by molar-refractivity contribution is 0.629. The second-order valence-corrected chi connectivity index (χ2v) is 8.48. The summed E-state index contributed by atoms with van der Waals surface area (Å²) in [4.78, 5) is 12.0. The molecule has 0 bridgehead atoms. The fourth-order valence-corrected chi connectivity index (χ4v) is 4.65. The lowest BCUT2D eigenvalue weighted by Crippen LogP contribution is -2.16. The lowest BCUT2D eigenvalue weighted by atomic mass is 10.2. The van der Waals surface area contributed by atoms with Crippen LogP contribution in [0.1, 0.15) is 11.3 Å². The highest BCUT2D eigenvalue weighted by molar-refractivity contribution is 7.99. The average molecular weight is 427 g/mol. The van der Waals surface area contributed by atoms with E-state index in [0.29, 0.717) is 28.8 Å². The van der Waals surface area contributed by atoms with Crippen LogP contribution in [0.4, 0.5) is 4.39 Å². The molecule has 4 aromatic rings. The average Bonchev–Trinajstić information content (AvgIpc) is 3.27. The largest absolute Gasteiger partial charge is 0.307 e. The fraction of sp³-hybridized carbons (Fsp3) is 0.190. The van der Waals surface area contributed by atoms with Gasteiger partial charge in [0, 0.05) is 29.1 Å². The second kappa shape index (κ2) is 8.34. The number of hydrogen-bond donors (Lipinski definition) is 0. The van der Waals surface area contributed by atoms with Crippen LogP contribution in [0.25, 0.3) is 17.1 Å². The van der Waals surface area contributed by atoms with Gasteiger partial charge >= 0.3 is 4.87 Å². The van der Waals surface area contributed by atoms with Crippen molar-refractivity contribution in [2.75, 3.05) is 5.75 Å². The number of thioether (sulfide) groups is 1. The van der Waals surface area contributed by atoms with Gasteiger partial charge in [0.25, 0.3) is 0 Å². The Morgan fingerprint density at radius 3 is 2.52 bits per heavy atom. The minimum atomic E-state index is -0.342. The number of hydrogen-bond acceptors (Lipinski definition) is 5. The van der Waals surface area contributed by atoms with Crippen molar-refractivity contribution in [3.05, 3.63) is 80.7 Å². The highest BCUT2D eigenvalue weighted by atomic mass is 32.2. The minimum Gasteiger partial charge on any atom is -0.303 e. The number of aryl methyl sites for hydroxylation is 2. The maximum Gasteiger partial charge on any atom is 0.307 e. The Hall–Kier alpha value is -2.71. The van der Waals surface area contributed by atoms with Gasteiger partial charge in [-0.25, -0.2) is 4.39 Å². The van der Waals surface area contributed by atoms with E-state index in [1.54, 1.807) is 22.8 Å². The number of benzene rings is 2. The molecule has 0 fully saturated rings. The van der Waals surface area contributed by atoms with Crippen LogP contribution in [-0.4, -0.2) is 25.1 Å². The molecule has 0 aliphatic heterocycles. The zero-order valence-electron chi connectivity index (χ0n) is 16.0. The molecule has 0 aliphatic carbocycles. The molecule has 148 valence electrons. The van der Waals surface area contributed by atoms with Crippen molar-refractivity contribution >= 4 is 23.1 Å². The second-order valence-electron chi connectivity index (χ2n) is 6.60. The van der Waals surface area contributed by atoms with Crippen LogP contribution < -0.4 is 4.87 Å². The molecule has 5 nitrogen and oxygen atoms in total. The maximum atomic E-state index is 14.4. The highest BCUT2D eigenvalue weighted by Crippen LogP contribution is 2.29. The molecule has 0 aliphatic rings. The fourth-order valence-electron chi connectivity index (χ4n) is 3.01. The molecule has 0 spiro atoms. The summed E-state index contributed by atoms with van der Waals surface area (Å²) >= 11 is 2.70. The van der Waals surface area contributed by atoms with E-state index in [0.717, 1.165) is 16.9 Å². The molecule has 0 unspecified atom stereocenters. The van der Waals surface area contributed by atoms with E-state index in [1.807, 2.05) is 48.1 Å². The first kappa shape index (κ1) is 19.6. The van der Waals surface area contributed by atoms with Gasteiger partial charge in [0.1, 0.15) is 5.82 Å². The molecule has 0 N–H and O–H groups in total. The number of halogens is 1. The molecule has 0 radical (unpaired) electrons. The molecule has 0 amide bonds. The Bertz CT molecular complexity index is 1190. The van der Waals surface area contributed by atoms with E-state index in [-0.39, 0.29) is 10.7 Å². The summed E-state index contributed by atoms with van der Waals surface area (Å²) in [6.07, 6.45) is 0. The van der Waals surface area contributed by atoms with Crippen molar-refractivity contribution < 1.29 is 4.39 Å². The van der Waals surface area contributed by atoms with Crippen LogP contribution >= 0.6 is 23.1 Å². The van der Waals surface area contributed by atoms with Crippen LogP contribution in [0.15, 0.2) is 63.9 Å². The first-order valence-electron chi connectivity index (χ1n) is 9.09. The van der Waals surface area contributed by atoms with E-state index >= 15 is 0 Å². The van der Waals surface area contributed by atoms with Crippen molar-refractivity contribution in [1.29, 1.82) is 0 Å². The normalized spacial score (nSPS) is 11.1. The summed E-state index contributed by atoms with van der Waals surface area (Å²) in [5.74, 6) is 0.766. The number of rotatable bonds is 6. The predicted octanol–water partition coefficient (Wildman–Crippen LogP) is 4.71. The molecule has 0 saturated heterocycles. The van der Waals surface area contributed by atoms with Gasteiger partial charge in [-0.15, -0.1) is 10.2 Å². The zero-order valence-corrected chi connectivity index (χ0v) is 17.6. The number of aromatic nitrogens is 4. The first-order chi connectivity index (χ1) is 14.0. The Kier molecular flexibility index (Phi) is 5.64. The van der Waals surface area contributed by atoms with Crippen molar-refractivity contribution in [2.45, 2.75) is 25.5 Å². The van der Waals surface area contributed by atoms with Crippen molar-refractivity contribution in [2.24, 2.45) is 0 Å².